The molecule has 1 amide bonds. The van der Waals surface area contributed by atoms with Gasteiger partial charge in [0.05, 0.1) is 30.6 Å². The van der Waals surface area contributed by atoms with Gasteiger partial charge in [-0.3, -0.25) is 0 Å². The predicted molar refractivity (Wildman–Crippen MR) is 107 cm³/mol. The van der Waals surface area contributed by atoms with E-state index in [1.807, 2.05) is 25.5 Å². The minimum Gasteiger partial charge on any atom is -0.480 e. The third-order valence-electron chi connectivity index (χ3n) is 5.58. The molecule has 4 rings (SSSR count). The van der Waals surface area contributed by atoms with E-state index in [9.17, 15) is 4.79 Å². The molecule has 6 nitrogen and oxygen atoms in total. The molecule has 2 aromatic rings. The number of methoxy groups -OCH3 is 1. The zero-order valence-corrected chi connectivity index (χ0v) is 17.2. The topological polar surface area (TPSA) is 56.6 Å². The Morgan fingerprint density at radius 3 is 2.46 bits per heavy atom. The summed E-state index contributed by atoms with van der Waals surface area (Å²) >= 11 is 0. The van der Waals surface area contributed by atoms with Gasteiger partial charge in [-0.15, -0.1) is 5.10 Å². The van der Waals surface area contributed by atoms with Crippen LogP contribution in [0.3, 0.4) is 0 Å². The molecule has 1 aromatic carbocycles. The molecule has 1 aromatic heterocycles. The van der Waals surface area contributed by atoms with Crippen molar-refractivity contribution < 1.29 is 14.3 Å². The molecular weight excluding hydrogens is 354 g/mol. The summed E-state index contributed by atoms with van der Waals surface area (Å²) in [5.41, 5.74) is 4.01. The molecule has 1 aliphatic heterocycles. The first-order chi connectivity index (χ1) is 13.4. The summed E-state index contributed by atoms with van der Waals surface area (Å²) in [7, 11) is 1.62. The van der Waals surface area contributed by atoms with E-state index in [2.05, 4.69) is 29.4 Å². The maximum atomic E-state index is 12.5. The lowest BCUT2D eigenvalue weighted by Gasteiger charge is -2.30. The number of aromatic nitrogens is 2. The highest BCUT2D eigenvalue weighted by atomic mass is 16.6. The van der Waals surface area contributed by atoms with Gasteiger partial charge in [-0.1, -0.05) is 18.6 Å². The molecule has 2 heterocycles. The summed E-state index contributed by atoms with van der Waals surface area (Å²) in [4.78, 5) is 14.2. The number of carbonyl (C=O) groups excluding carboxylic acids is 1. The van der Waals surface area contributed by atoms with Crippen LogP contribution >= 0.6 is 0 Å². The fraction of sp³-hybridized carbons (Fsp3) is 0.545. The van der Waals surface area contributed by atoms with Crippen molar-refractivity contribution in [2.24, 2.45) is 0 Å². The summed E-state index contributed by atoms with van der Waals surface area (Å²) in [6.45, 7) is 6.70. The number of carbonyl (C=O) groups is 1. The number of hydrogen-bond donors (Lipinski definition) is 0. The van der Waals surface area contributed by atoms with Crippen molar-refractivity contribution in [3.63, 3.8) is 0 Å². The first-order valence-electron chi connectivity index (χ1n) is 10.1. The summed E-state index contributed by atoms with van der Waals surface area (Å²) in [6, 6.07) is 8.71. The molecule has 6 heteroatoms. The lowest BCUT2D eigenvalue weighted by molar-refractivity contribution is 0.0222. The fourth-order valence-electron chi connectivity index (χ4n) is 3.88. The molecule has 0 atom stereocenters. The van der Waals surface area contributed by atoms with E-state index in [1.165, 1.54) is 24.8 Å². The quantitative estimate of drug-likeness (QED) is 0.786. The highest BCUT2D eigenvalue weighted by Crippen LogP contribution is 2.37. The summed E-state index contributed by atoms with van der Waals surface area (Å²) in [5.74, 6) is 1.30. The SMILES string of the molecule is COc1nn(-c2ccc(C3CCC3)cc2)c2c1CN(C(=O)OC(C)(C)C)CC2. The van der Waals surface area contributed by atoms with E-state index in [-0.39, 0.29) is 6.09 Å². The third kappa shape index (κ3) is 3.60. The summed E-state index contributed by atoms with van der Waals surface area (Å²) < 4.78 is 13.0. The normalized spacial score (nSPS) is 17.1. The minimum absolute atomic E-state index is 0.294. The number of ether oxygens (including phenoxy) is 2. The number of hydrogen-bond acceptors (Lipinski definition) is 4. The second kappa shape index (κ2) is 7.15. The van der Waals surface area contributed by atoms with Gasteiger partial charge in [-0.2, -0.15) is 0 Å². The first-order valence-corrected chi connectivity index (χ1v) is 10.1. The Morgan fingerprint density at radius 1 is 1.18 bits per heavy atom. The Bertz CT molecular complexity index is 860. The molecule has 0 saturated heterocycles. The van der Waals surface area contributed by atoms with Crippen molar-refractivity contribution >= 4 is 6.09 Å². The van der Waals surface area contributed by atoms with Gasteiger partial charge in [0.2, 0.25) is 5.88 Å². The fourth-order valence-corrected chi connectivity index (χ4v) is 3.88. The Hall–Kier alpha value is -2.50. The van der Waals surface area contributed by atoms with Gasteiger partial charge >= 0.3 is 6.09 Å². The number of benzene rings is 1. The van der Waals surface area contributed by atoms with Crippen LogP contribution in [0.2, 0.25) is 0 Å². The van der Waals surface area contributed by atoms with Crippen LogP contribution in [0.15, 0.2) is 24.3 Å². The second-order valence-corrected chi connectivity index (χ2v) is 8.72. The molecule has 0 bridgehead atoms. The Morgan fingerprint density at radius 2 is 1.89 bits per heavy atom. The standard InChI is InChI=1S/C22H29N3O3/c1-22(2,3)28-21(26)24-13-12-19-18(14-24)20(27-4)23-25(19)17-10-8-16(9-11-17)15-6-5-7-15/h8-11,15H,5-7,12-14H2,1-4H3. The molecule has 28 heavy (non-hydrogen) atoms. The Balaban J connectivity index is 1.58. The lowest BCUT2D eigenvalue weighted by atomic mass is 9.80. The van der Waals surface area contributed by atoms with Gasteiger partial charge in [0.1, 0.15) is 5.60 Å². The smallest absolute Gasteiger partial charge is 0.410 e. The van der Waals surface area contributed by atoms with Gasteiger partial charge in [0.15, 0.2) is 0 Å². The molecule has 150 valence electrons. The van der Waals surface area contributed by atoms with Crippen LogP contribution in [-0.4, -0.2) is 40.0 Å². The molecule has 2 aliphatic rings. The minimum atomic E-state index is -0.506. The third-order valence-corrected chi connectivity index (χ3v) is 5.58. The van der Waals surface area contributed by atoms with Crippen molar-refractivity contribution in [2.45, 2.75) is 64.5 Å². The highest BCUT2D eigenvalue weighted by Gasteiger charge is 2.31. The van der Waals surface area contributed by atoms with E-state index >= 15 is 0 Å². The van der Waals surface area contributed by atoms with E-state index in [4.69, 9.17) is 9.47 Å². The van der Waals surface area contributed by atoms with Crippen molar-refractivity contribution in [1.82, 2.24) is 14.7 Å². The van der Waals surface area contributed by atoms with Crippen LogP contribution in [0.5, 0.6) is 5.88 Å². The maximum absolute atomic E-state index is 12.5. The molecule has 1 saturated carbocycles. The van der Waals surface area contributed by atoms with Crippen LogP contribution < -0.4 is 4.74 Å². The molecule has 0 unspecified atom stereocenters. The van der Waals surface area contributed by atoms with Gasteiger partial charge < -0.3 is 14.4 Å². The highest BCUT2D eigenvalue weighted by molar-refractivity contribution is 5.69. The Labute approximate surface area is 166 Å². The van der Waals surface area contributed by atoms with Crippen LogP contribution in [0, 0.1) is 0 Å². The number of amides is 1. The number of rotatable bonds is 3. The molecular formula is C22H29N3O3. The van der Waals surface area contributed by atoms with E-state index in [1.54, 1.807) is 12.0 Å². The van der Waals surface area contributed by atoms with E-state index in [0.717, 1.165) is 29.3 Å². The average molecular weight is 383 g/mol. The van der Waals surface area contributed by atoms with Crippen molar-refractivity contribution in [1.29, 1.82) is 0 Å². The number of fused-ring (bicyclic) bond motifs is 1. The lowest BCUT2D eigenvalue weighted by Crippen LogP contribution is -2.40. The summed E-state index contributed by atoms with van der Waals surface area (Å²) in [5, 5.41) is 4.67. The monoisotopic (exact) mass is 383 g/mol. The molecule has 0 N–H and O–H groups in total. The van der Waals surface area contributed by atoms with Crippen molar-refractivity contribution in [2.75, 3.05) is 13.7 Å². The average Bonchev–Trinajstić information content (AvgIpc) is 2.97. The van der Waals surface area contributed by atoms with E-state index in [0.29, 0.717) is 19.0 Å². The first kappa shape index (κ1) is 18.8. The second-order valence-electron chi connectivity index (χ2n) is 8.72. The molecule has 0 radical (unpaired) electrons. The van der Waals surface area contributed by atoms with Gasteiger partial charge in [-0.25, -0.2) is 9.48 Å². The van der Waals surface area contributed by atoms with Crippen LogP contribution in [-0.2, 0) is 17.7 Å². The largest absolute Gasteiger partial charge is 0.480 e. The van der Waals surface area contributed by atoms with Crippen molar-refractivity contribution in [3.8, 4) is 11.6 Å². The number of nitrogens with zero attached hydrogens (tertiary/aromatic N) is 3. The molecule has 0 spiro atoms. The van der Waals surface area contributed by atoms with E-state index < -0.39 is 5.60 Å². The molecule has 1 fully saturated rings. The van der Waals surface area contributed by atoms with Crippen LogP contribution in [0.1, 0.15) is 62.8 Å². The zero-order valence-electron chi connectivity index (χ0n) is 17.2. The molecule has 1 aliphatic carbocycles. The van der Waals surface area contributed by atoms with Crippen LogP contribution in [0.4, 0.5) is 4.79 Å². The maximum Gasteiger partial charge on any atom is 0.410 e. The Kier molecular flexibility index (Phi) is 4.81. The predicted octanol–water partition coefficient (Wildman–Crippen LogP) is 4.44. The summed E-state index contributed by atoms with van der Waals surface area (Å²) in [6.07, 6.45) is 4.35. The van der Waals surface area contributed by atoms with Gasteiger partial charge in [0.25, 0.3) is 0 Å². The zero-order chi connectivity index (χ0) is 19.9. The van der Waals surface area contributed by atoms with Crippen LogP contribution in [0.25, 0.3) is 5.69 Å². The van der Waals surface area contributed by atoms with Crippen molar-refractivity contribution in [3.05, 3.63) is 41.1 Å². The van der Waals surface area contributed by atoms with Gasteiger partial charge in [0, 0.05) is 13.0 Å². The van der Waals surface area contributed by atoms with Gasteiger partial charge in [-0.05, 0) is 57.2 Å².